The van der Waals surface area contributed by atoms with Crippen molar-refractivity contribution in [1.29, 1.82) is 0 Å². The number of aliphatic hydroxyl groups is 1. The lowest BCUT2D eigenvalue weighted by atomic mass is 9.95. The molecular formula is C29H29NO7. The second kappa shape index (κ2) is 11.5. The van der Waals surface area contributed by atoms with E-state index in [0.29, 0.717) is 47.3 Å². The highest BCUT2D eigenvalue weighted by molar-refractivity contribution is 6.46. The van der Waals surface area contributed by atoms with Gasteiger partial charge in [0.1, 0.15) is 23.9 Å². The summed E-state index contributed by atoms with van der Waals surface area (Å²) in [4.78, 5) is 27.9. The first kappa shape index (κ1) is 25.6. The van der Waals surface area contributed by atoms with Gasteiger partial charge in [0.25, 0.3) is 11.7 Å². The van der Waals surface area contributed by atoms with Gasteiger partial charge in [0, 0.05) is 5.56 Å². The molecule has 0 saturated carbocycles. The number of rotatable bonds is 11. The van der Waals surface area contributed by atoms with Gasteiger partial charge in [-0.2, -0.15) is 0 Å². The van der Waals surface area contributed by atoms with Gasteiger partial charge in [-0.15, -0.1) is 0 Å². The van der Waals surface area contributed by atoms with Crippen LogP contribution in [0.15, 0.2) is 83.5 Å². The van der Waals surface area contributed by atoms with Gasteiger partial charge in [-0.1, -0.05) is 18.7 Å². The summed E-state index contributed by atoms with van der Waals surface area (Å²) in [7, 11) is 0. The number of amides is 1. The van der Waals surface area contributed by atoms with Crippen LogP contribution in [0, 0.1) is 0 Å². The van der Waals surface area contributed by atoms with E-state index in [2.05, 4.69) is 6.58 Å². The maximum Gasteiger partial charge on any atom is 0.296 e. The Bertz CT molecular complexity index is 1290. The van der Waals surface area contributed by atoms with Crippen molar-refractivity contribution in [3.05, 3.63) is 96.0 Å². The van der Waals surface area contributed by atoms with Crippen LogP contribution in [0.1, 0.15) is 36.8 Å². The molecule has 1 aromatic heterocycles. The molecular weight excluding hydrogens is 474 g/mol. The number of benzene rings is 2. The fourth-order valence-electron chi connectivity index (χ4n) is 4.22. The molecule has 2 heterocycles. The van der Waals surface area contributed by atoms with Crippen LogP contribution < -0.4 is 14.2 Å². The van der Waals surface area contributed by atoms with Crippen molar-refractivity contribution in [2.75, 3.05) is 19.8 Å². The fraction of sp³-hybridized carbons (Fsp3) is 0.241. The number of hydrogen-bond acceptors (Lipinski definition) is 7. The number of furan rings is 1. The molecule has 0 radical (unpaired) electrons. The second-order valence-electron chi connectivity index (χ2n) is 8.20. The van der Waals surface area contributed by atoms with Gasteiger partial charge in [-0.3, -0.25) is 9.59 Å². The number of ether oxygens (including phenoxy) is 3. The Morgan fingerprint density at radius 2 is 1.78 bits per heavy atom. The third kappa shape index (κ3) is 5.38. The smallest absolute Gasteiger partial charge is 0.296 e. The van der Waals surface area contributed by atoms with E-state index in [1.165, 1.54) is 11.2 Å². The monoisotopic (exact) mass is 503 g/mol. The third-order valence-electron chi connectivity index (χ3n) is 5.83. The summed E-state index contributed by atoms with van der Waals surface area (Å²) < 4.78 is 22.4. The Hall–Kier alpha value is -4.46. The summed E-state index contributed by atoms with van der Waals surface area (Å²) >= 11 is 0. The highest BCUT2D eigenvalue weighted by Gasteiger charge is 2.46. The number of ketones is 1. The van der Waals surface area contributed by atoms with Crippen molar-refractivity contribution in [3.63, 3.8) is 0 Å². The van der Waals surface area contributed by atoms with Crippen molar-refractivity contribution in [2.45, 2.75) is 26.4 Å². The van der Waals surface area contributed by atoms with E-state index in [9.17, 15) is 14.7 Å². The molecule has 8 nitrogen and oxygen atoms in total. The van der Waals surface area contributed by atoms with Gasteiger partial charge >= 0.3 is 0 Å². The Morgan fingerprint density at radius 3 is 2.43 bits per heavy atom. The zero-order valence-electron chi connectivity index (χ0n) is 20.8. The number of hydrogen-bond donors (Lipinski definition) is 1. The van der Waals surface area contributed by atoms with Crippen molar-refractivity contribution in [2.24, 2.45) is 0 Å². The molecule has 1 unspecified atom stereocenters. The Labute approximate surface area is 215 Å². The van der Waals surface area contributed by atoms with Crippen molar-refractivity contribution in [1.82, 2.24) is 4.90 Å². The van der Waals surface area contributed by atoms with Gasteiger partial charge in [0.2, 0.25) is 0 Å². The number of likely N-dealkylation sites (tertiary alicyclic amines) is 1. The van der Waals surface area contributed by atoms with E-state index in [-0.39, 0.29) is 24.5 Å². The molecule has 3 aromatic rings. The largest absolute Gasteiger partial charge is 0.507 e. The average molecular weight is 504 g/mol. The number of carbonyl (C=O) groups is 2. The van der Waals surface area contributed by atoms with E-state index < -0.39 is 17.7 Å². The molecule has 0 aliphatic carbocycles. The molecule has 1 aliphatic heterocycles. The number of carbonyl (C=O) groups excluding carboxylic acids is 2. The van der Waals surface area contributed by atoms with Crippen LogP contribution in [0.2, 0.25) is 0 Å². The maximum absolute atomic E-state index is 13.3. The topological polar surface area (TPSA) is 98.4 Å². The molecule has 0 bridgehead atoms. The molecule has 1 atom stereocenters. The number of Topliss-reactive ketones (excluding diaryl/α,β-unsaturated/α-hetero) is 1. The van der Waals surface area contributed by atoms with Crippen molar-refractivity contribution < 1.29 is 33.3 Å². The Morgan fingerprint density at radius 1 is 1.03 bits per heavy atom. The van der Waals surface area contributed by atoms with E-state index in [1.807, 2.05) is 13.8 Å². The van der Waals surface area contributed by atoms with Crippen LogP contribution in [0.25, 0.3) is 5.76 Å². The lowest BCUT2D eigenvalue weighted by Crippen LogP contribution is -2.29. The molecule has 1 fully saturated rings. The SMILES string of the molecule is C=CCOc1ccc(C2/C(=C(\O)c3ccc(OCC)cc3)C(=O)C(=O)N2Cc2ccco2)cc1OCC. The normalized spacial score (nSPS) is 16.6. The minimum atomic E-state index is -0.885. The lowest BCUT2D eigenvalue weighted by Gasteiger charge is -2.25. The summed E-state index contributed by atoms with van der Waals surface area (Å²) in [6, 6.07) is 14.4. The first-order valence-corrected chi connectivity index (χ1v) is 12.0. The summed E-state index contributed by atoms with van der Waals surface area (Å²) in [5.74, 6) is 0.283. The highest BCUT2D eigenvalue weighted by atomic mass is 16.5. The molecule has 2 aromatic carbocycles. The van der Waals surface area contributed by atoms with Crippen molar-refractivity contribution in [3.8, 4) is 17.2 Å². The molecule has 192 valence electrons. The van der Waals surface area contributed by atoms with Crippen LogP contribution in [0.5, 0.6) is 17.2 Å². The minimum absolute atomic E-state index is 0.0251. The van der Waals surface area contributed by atoms with Crippen molar-refractivity contribution >= 4 is 17.4 Å². The second-order valence-corrected chi connectivity index (χ2v) is 8.20. The lowest BCUT2D eigenvalue weighted by molar-refractivity contribution is -0.140. The van der Waals surface area contributed by atoms with Gasteiger partial charge in [-0.25, -0.2) is 0 Å². The van der Waals surface area contributed by atoms with E-state index in [1.54, 1.807) is 60.7 Å². The summed E-state index contributed by atoms with van der Waals surface area (Å²) in [6.07, 6.45) is 3.12. The van der Waals surface area contributed by atoms with Gasteiger partial charge in [-0.05, 0) is 67.9 Å². The van der Waals surface area contributed by atoms with Crippen LogP contribution in [-0.4, -0.2) is 41.5 Å². The zero-order valence-corrected chi connectivity index (χ0v) is 20.8. The summed E-state index contributed by atoms with van der Waals surface area (Å²) in [6.45, 7) is 8.60. The van der Waals surface area contributed by atoms with Gasteiger partial charge in [0.05, 0.1) is 37.6 Å². The van der Waals surface area contributed by atoms with Crippen LogP contribution in [0.3, 0.4) is 0 Å². The Kier molecular flexibility index (Phi) is 7.98. The molecule has 4 rings (SSSR count). The quantitative estimate of drug-likeness (QED) is 0.165. The van der Waals surface area contributed by atoms with Crippen LogP contribution in [-0.2, 0) is 16.1 Å². The standard InChI is InChI=1S/C29H29NO7/c1-4-15-37-23-14-11-20(17-24(23)35-6-3)26-25(27(31)19-9-12-21(13-10-19)34-5-2)28(32)29(33)30(26)18-22-8-7-16-36-22/h4,7-14,16-17,26,31H,1,5-6,15,18H2,2-3H3/b27-25+. The van der Waals surface area contributed by atoms with E-state index in [4.69, 9.17) is 18.6 Å². The fourth-order valence-corrected chi connectivity index (χ4v) is 4.22. The molecule has 37 heavy (non-hydrogen) atoms. The molecule has 8 heteroatoms. The predicted octanol–water partition coefficient (Wildman–Crippen LogP) is 5.26. The first-order chi connectivity index (χ1) is 18.0. The highest BCUT2D eigenvalue weighted by Crippen LogP contribution is 2.43. The molecule has 1 saturated heterocycles. The number of aliphatic hydroxyl groups excluding tert-OH is 1. The molecule has 1 N–H and O–H groups in total. The number of nitrogens with zero attached hydrogens (tertiary/aromatic N) is 1. The van der Waals surface area contributed by atoms with Gasteiger partial charge < -0.3 is 28.6 Å². The molecule has 1 aliphatic rings. The van der Waals surface area contributed by atoms with Gasteiger partial charge in [0.15, 0.2) is 11.5 Å². The third-order valence-corrected chi connectivity index (χ3v) is 5.83. The minimum Gasteiger partial charge on any atom is -0.507 e. The first-order valence-electron chi connectivity index (χ1n) is 12.0. The molecule has 1 amide bonds. The predicted molar refractivity (Wildman–Crippen MR) is 137 cm³/mol. The van der Waals surface area contributed by atoms with Crippen LogP contribution in [0.4, 0.5) is 0 Å². The van der Waals surface area contributed by atoms with E-state index in [0.717, 1.165) is 0 Å². The summed E-state index contributed by atoms with van der Waals surface area (Å²) in [5, 5.41) is 11.3. The average Bonchev–Trinajstić information content (AvgIpc) is 3.51. The van der Waals surface area contributed by atoms with E-state index >= 15 is 0 Å². The van der Waals surface area contributed by atoms with Crippen LogP contribution >= 0.6 is 0 Å². The zero-order chi connectivity index (χ0) is 26.4. The maximum atomic E-state index is 13.3. The Balaban J connectivity index is 1.83. The summed E-state index contributed by atoms with van der Waals surface area (Å²) in [5.41, 5.74) is 0.941. The molecule has 0 spiro atoms.